The number of aromatic nitrogens is 6. The number of aryl methyl sites for hydroxylation is 2. The first kappa shape index (κ1) is 42.4. The monoisotopic (exact) mass is 945 g/mol. The average molecular weight is 946 g/mol. The first-order valence-electron chi connectivity index (χ1n) is 16.8. The maximum atomic E-state index is 13.3. The zero-order chi connectivity index (χ0) is 40.7. The van der Waals surface area contributed by atoms with E-state index in [4.69, 9.17) is 38.0 Å². The molecule has 6 heterocycles. The number of H-pyrrole nitrogens is 2. The molecule has 24 nitrogen and oxygen atoms in total. The number of phosphoric ester groups is 2. The summed E-state index contributed by atoms with van der Waals surface area (Å²) in [6.45, 7) is 1.38. The van der Waals surface area contributed by atoms with Crippen molar-refractivity contribution in [1.29, 1.82) is 0 Å². The Kier molecular flexibility index (Phi) is 12.9. The highest BCUT2D eigenvalue weighted by molar-refractivity contribution is 14.1. The Hall–Kier alpha value is -3.17. The molecule has 7 N–H and O–H groups in total. The minimum Gasteiger partial charge on any atom is -0.390 e. The summed E-state index contributed by atoms with van der Waals surface area (Å²) in [7, 11) is -10.0. The van der Waals surface area contributed by atoms with Gasteiger partial charge in [-0.25, -0.2) is 23.5 Å². The van der Waals surface area contributed by atoms with Crippen molar-refractivity contribution in [3.63, 3.8) is 0 Å². The van der Waals surface area contributed by atoms with Crippen LogP contribution in [-0.2, 0) is 41.4 Å². The van der Waals surface area contributed by atoms with Crippen LogP contribution in [0.25, 0.3) is 0 Å². The number of halogens is 1. The van der Waals surface area contributed by atoms with Gasteiger partial charge in [-0.2, -0.15) is 4.98 Å². The van der Waals surface area contributed by atoms with Crippen LogP contribution in [0.4, 0.5) is 5.82 Å². The van der Waals surface area contributed by atoms with Gasteiger partial charge in [0.25, 0.3) is 11.1 Å². The summed E-state index contributed by atoms with van der Waals surface area (Å²) >= 11 is 1.97. The van der Waals surface area contributed by atoms with Gasteiger partial charge in [0.15, 0.2) is 0 Å². The molecule has 11 atom stereocenters. The summed E-state index contributed by atoms with van der Waals surface area (Å²) in [5.74, 6) is -0.00725. The van der Waals surface area contributed by atoms with Crippen molar-refractivity contribution in [3.8, 4) is 0 Å². The van der Waals surface area contributed by atoms with Gasteiger partial charge in [-0.15, -0.1) is 0 Å². The Morgan fingerprint density at radius 1 is 0.804 bits per heavy atom. The van der Waals surface area contributed by atoms with Gasteiger partial charge in [0.05, 0.1) is 25.4 Å². The second kappa shape index (κ2) is 17.0. The molecule has 3 aliphatic rings. The number of hydrogen-bond donors (Lipinski definition) is 6. The fourth-order valence-electron chi connectivity index (χ4n) is 6.27. The van der Waals surface area contributed by atoms with Crippen molar-refractivity contribution in [2.24, 2.45) is 0 Å². The van der Waals surface area contributed by atoms with E-state index in [2.05, 4.69) is 15.0 Å². The van der Waals surface area contributed by atoms with Crippen molar-refractivity contribution in [1.82, 2.24) is 28.7 Å². The maximum Gasteiger partial charge on any atom is 0.472 e. The molecule has 0 saturated carbocycles. The van der Waals surface area contributed by atoms with Gasteiger partial charge >= 0.3 is 32.7 Å². The number of rotatable bonds is 14. The molecule has 56 heavy (non-hydrogen) atoms. The third-order valence-corrected chi connectivity index (χ3v) is 12.0. The summed E-state index contributed by atoms with van der Waals surface area (Å²) in [5.41, 5.74) is 2.23. The zero-order valence-corrected chi connectivity index (χ0v) is 33.4. The third kappa shape index (κ3) is 9.74. The summed E-state index contributed by atoms with van der Waals surface area (Å²) in [6, 6.07) is 1.38. The lowest BCUT2D eigenvalue weighted by molar-refractivity contribution is -0.0590. The van der Waals surface area contributed by atoms with Gasteiger partial charge in [0.2, 0.25) is 0 Å². The molecule has 3 aromatic heterocycles. The summed E-state index contributed by atoms with van der Waals surface area (Å²) in [4.78, 5) is 90.5. The molecule has 6 rings (SSSR count). The van der Waals surface area contributed by atoms with Crippen LogP contribution in [0, 0.1) is 13.8 Å². The van der Waals surface area contributed by atoms with Gasteiger partial charge in [0, 0.05) is 53.4 Å². The Morgan fingerprint density at radius 2 is 1.27 bits per heavy atom. The largest absolute Gasteiger partial charge is 0.472 e. The van der Waals surface area contributed by atoms with Gasteiger partial charge in [-0.1, -0.05) is 22.6 Å². The van der Waals surface area contributed by atoms with E-state index >= 15 is 0 Å². The zero-order valence-electron chi connectivity index (χ0n) is 29.4. The smallest absolute Gasteiger partial charge is 0.390 e. The number of aliphatic hydroxyl groups excluding tert-OH is 1. The lowest BCUT2D eigenvalue weighted by Gasteiger charge is -2.24. The van der Waals surface area contributed by atoms with Gasteiger partial charge in [-0.05, 0) is 19.9 Å². The number of alkyl halides is 1. The van der Waals surface area contributed by atoms with E-state index < -0.39 is 112 Å². The number of nitrogen functional groups attached to an aromatic ring is 1. The van der Waals surface area contributed by atoms with Crippen LogP contribution in [0.1, 0.15) is 49.1 Å². The van der Waals surface area contributed by atoms with E-state index in [1.807, 2.05) is 22.6 Å². The molecule has 308 valence electrons. The molecule has 0 aliphatic carbocycles. The molecular formula is C29H38IN7O17P2. The number of ether oxygens (including phenoxy) is 3. The Labute approximate surface area is 327 Å². The highest BCUT2D eigenvalue weighted by atomic mass is 127. The first-order chi connectivity index (χ1) is 26.3. The molecule has 0 spiro atoms. The minimum absolute atomic E-state index is 0.00725. The summed E-state index contributed by atoms with van der Waals surface area (Å²) in [6.07, 6.45) is -7.10. The Balaban J connectivity index is 1.13. The average Bonchev–Trinajstić information content (AvgIpc) is 3.82. The molecule has 0 amide bonds. The second-order valence-electron chi connectivity index (χ2n) is 13.1. The lowest BCUT2D eigenvalue weighted by Crippen LogP contribution is -2.33. The molecule has 0 radical (unpaired) electrons. The van der Waals surface area contributed by atoms with Crippen LogP contribution in [0.3, 0.4) is 0 Å². The van der Waals surface area contributed by atoms with Gasteiger partial charge < -0.3 is 34.8 Å². The van der Waals surface area contributed by atoms with E-state index in [9.17, 15) is 48.0 Å². The topological polar surface area (TPSA) is 330 Å². The number of aliphatic hydroxyl groups is 1. The van der Waals surface area contributed by atoms with Crippen LogP contribution < -0.4 is 33.9 Å². The molecule has 3 saturated heterocycles. The predicted molar refractivity (Wildman–Crippen MR) is 197 cm³/mol. The van der Waals surface area contributed by atoms with E-state index in [-0.39, 0.29) is 40.6 Å². The minimum atomic E-state index is -5.07. The van der Waals surface area contributed by atoms with Crippen LogP contribution in [0.5, 0.6) is 0 Å². The van der Waals surface area contributed by atoms with Crippen LogP contribution in [-0.4, -0.2) is 97.8 Å². The van der Waals surface area contributed by atoms with Crippen LogP contribution in [0.2, 0.25) is 0 Å². The number of nitrogens with two attached hydrogens (primary N) is 1. The molecule has 3 aromatic rings. The molecule has 0 bridgehead atoms. The second-order valence-corrected chi connectivity index (χ2v) is 16.8. The van der Waals surface area contributed by atoms with Gasteiger partial charge in [0.1, 0.15) is 48.9 Å². The van der Waals surface area contributed by atoms with Crippen molar-refractivity contribution in [3.05, 3.63) is 87.9 Å². The molecule has 3 fully saturated rings. The fraction of sp³-hybridized carbons (Fsp3) is 0.586. The molecule has 27 heteroatoms. The molecule has 2 unspecified atom stereocenters. The lowest BCUT2D eigenvalue weighted by atomic mass is 10.2. The first-order valence-corrected chi connectivity index (χ1v) is 21.4. The van der Waals surface area contributed by atoms with Crippen molar-refractivity contribution < 1.29 is 56.3 Å². The number of anilines is 1. The predicted octanol–water partition coefficient (Wildman–Crippen LogP) is -0.794. The number of hydrogen-bond acceptors (Lipinski definition) is 17. The summed E-state index contributed by atoms with van der Waals surface area (Å²) in [5, 5.41) is 10.6. The van der Waals surface area contributed by atoms with Crippen LogP contribution >= 0.6 is 38.2 Å². The number of nitrogens with zero attached hydrogens (tertiary/aromatic N) is 4. The maximum absolute atomic E-state index is 13.3. The fourth-order valence-corrected chi connectivity index (χ4v) is 8.97. The number of phosphoric acid groups is 2. The van der Waals surface area contributed by atoms with E-state index in [0.29, 0.717) is 0 Å². The number of nitrogens with one attached hydrogen (secondary N) is 2. The normalized spacial score (nSPS) is 30.0. The molecular weight excluding hydrogens is 907 g/mol. The van der Waals surface area contributed by atoms with Crippen molar-refractivity contribution >= 4 is 44.1 Å². The van der Waals surface area contributed by atoms with E-state index in [0.717, 1.165) is 13.7 Å². The molecule has 3 aliphatic heterocycles. The highest BCUT2D eigenvalue weighted by Gasteiger charge is 2.46. The van der Waals surface area contributed by atoms with E-state index in [1.54, 1.807) is 0 Å². The van der Waals surface area contributed by atoms with Crippen molar-refractivity contribution in [2.45, 2.75) is 88.4 Å². The standard InChI is InChI=1S/C29H38IN7O17P2/c1-13-9-36(28(42)33-25(13)39)22-5-15(38)19(51-22)11-48-55(44,45)54-17-7-24(37-10-14(2)26(40)34-29(37)43)52-20(17)12-49-56(46,47)53-16-6-23(50-18(16)8-30)35-4-3-21(31)32-27(35)41/h3-4,9-10,15-20,22-24,38H,5-8,11-12H2,1-2H3,(H,44,45)(H,46,47)(H2,31,32,41)(H,33,39,42)(H,34,40,43)/t15-,16-,17-,18+,19+,20+,22+,23+,24+/m0/s1. The third-order valence-electron chi connectivity index (χ3n) is 9.13. The summed E-state index contributed by atoms with van der Waals surface area (Å²) < 4.78 is 68.7. The highest BCUT2D eigenvalue weighted by Crippen LogP contribution is 2.52. The molecule has 0 aromatic carbocycles. The van der Waals surface area contributed by atoms with Crippen molar-refractivity contribution in [2.75, 3.05) is 23.4 Å². The van der Waals surface area contributed by atoms with E-state index in [1.165, 1.54) is 38.5 Å². The van der Waals surface area contributed by atoms with Gasteiger partial charge in [-0.3, -0.25) is 51.4 Å². The Morgan fingerprint density at radius 3 is 1.80 bits per heavy atom. The number of aromatic amines is 2. The quantitative estimate of drug-likeness (QED) is 0.0655. The Bertz CT molecular complexity index is 2330. The van der Waals surface area contributed by atoms with Crippen LogP contribution in [0.15, 0.2) is 48.6 Å². The SMILES string of the molecule is Cc1cn([C@H]2C[C@H](OP(=O)(O)OC[C@H]3O[C@@H](n4cc(C)c(=O)[nH]c4=O)C[C@@H]3O)[C@@H](COP(=O)(O)O[C@H]3C[C@H](n4ccc(N)nc4=O)O[C@@H]3CI)O2)c(=O)[nH]c1=O.